The molecular weight excluding hydrogens is 132 g/mol. The van der Waals surface area contributed by atoms with E-state index in [9.17, 15) is 0 Å². The van der Waals surface area contributed by atoms with Crippen LogP contribution in [0.5, 0.6) is 0 Å². The summed E-state index contributed by atoms with van der Waals surface area (Å²) in [5.41, 5.74) is 0. The minimum absolute atomic E-state index is 1.10. The second-order valence-electron chi connectivity index (χ2n) is 2.77. The van der Waals surface area contributed by atoms with Crippen LogP contribution in [0.2, 0.25) is 0 Å². The van der Waals surface area contributed by atoms with E-state index in [0.717, 1.165) is 6.42 Å². The minimum Gasteiger partial charge on any atom is -0.0914 e. The molecule has 0 nitrogen and oxygen atoms in total. The molecule has 0 bridgehead atoms. The zero-order valence-electron chi connectivity index (χ0n) is 7.84. The van der Waals surface area contributed by atoms with Crippen molar-refractivity contribution in [3.05, 3.63) is 24.3 Å². The largest absolute Gasteiger partial charge is 0.0914 e. The highest BCUT2D eigenvalue weighted by molar-refractivity contribution is 4.90. The monoisotopic (exact) mass is 152 g/mol. The Morgan fingerprint density at radius 1 is 1.00 bits per heavy atom. The van der Waals surface area contributed by atoms with Gasteiger partial charge in [-0.15, -0.1) is 0 Å². The van der Waals surface area contributed by atoms with Crippen LogP contribution in [0.1, 0.15) is 46.0 Å². The number of hydrogen-bond acceptors (Lipinski definition) is 0. The third kappa shape index (κ3) is 9.48. The Kier molecular flexibility index (Phi) is 9.03. The molecule has 0 aliphatic heterocycles. The second-order valence-corrected chi connectivity index (χ2v) is 2.77. The van der Waals surface area contributed by atoms with Gasteiger partial charge in [0.2, 0.25) is 0 Å². The van der Waals surface area contributed by atoms with Crippen molar-refractivity contribution >= 4 is 0 Å². The van der Waals surface area contributed by atoms with Gasteiger partial charge in [0.25, 0.3) is 0 Å². The van der Waals surface area contributed by atoms with Crippen LogP contribution < -0.4 is 0 Å². The fourth-order valence-corrected chi connectivity index (χ4v) is 0.941. The van der Waals surface area contributed by atoms with E-state index in [1.165, 1.54) is 25.7 Å². The molecule has 0 fully saturated rings. The number of rotatable bonds is 6. The van der Waals surface area contributed by atoms with Crippen molar-refractivity contribution in [2.45, 2.75) is 46.0 Å². The van der Waals surface area contributed by atoms with Crippen molar-refractivity contribution in [2.24, 2.45) is 0 Å². The summed E-state index contributed by atoms with van der Waals surface area (Å²) < 4.78 is 0. The van der Waals surface area contributed by atoms with E-state index in [1.807, 2.05) is 0 Å². The SMILES string of the molecule is C/C=C/CC=CCCCCC. The summed E-state index contributed by atoms with van der Waals surface area (Å²) in [6.45, 7) is 4.30. The summed E-state index contributed by atoms with van der Waals surface area (Å²) in [6.07, 6.45) is 15.2. The van der Waals surface area contributed by atoms with Crippen LogP contribution in [0.4, 0.5) is 0 Å². The first-order valence-corrected chi connectivity index (χ1v) is 4.68. The van der Waals surface area contributed by atoms with Gasteiger partial charge in [0.15, 0.2) is 0 Å². The summed E-state index contributed by atoms with van der Waals surface area (Å²) in [5, 5.41) is 0. The van der Waals surface area contributed by atoms with Crippen molar-refractivity contribution in [3.8, 4) is 0 Å². The van der Waals surface area contributed by atoms with Gasteiger partial charge < -0.3 is 0 Å². The highest BCUT2D eigenvalue weighted by Gasteiger charge is 1.79. The molecule has 0 saturated heterocycles. The first-order valence-electron chi connectivity index (χ1n) is 4.68. The molecular formula is C11H20. The van der Waals surface area contributed by atoms with Gasteiger partial charge in [0, 0.05) is 0 Å². The molecule has 0 atom stereocenters. The van der Waals surface area contributed by atoms with Crippen LogP contribution in [0, 0.1) is 0 Å². The van der Waals surface area contributed by atoms with Crippen LogP contribution in [0.15, 0.2) is 24.3 Å². The Morgan fingerprint density at radius 2 is 1.82 bits per heavy atom. The van der Waals surface area contributed by atoms with Crippen LogP contribution in [0.3, 0.4) is 0 Å². The molecule has 64 valence electrons. The Labute approximate surface area is 71.0 Å². The summed E-state index contributed by atoms with van der Waals surface area (Å²) in [6, 6.07) is 0. The highest BCUT2D eigenvalue weighted by atomic mass is 13.9. The lowest BCUT2D eigenvalue weighted by Gasteiger charge is -1.90. The second kappa shape index (κ2) is 9.48. The first-order chi connectivity index (χ1) is 5.41. The molecule has 0 saturated carbocycles. The summed E-state index contributed by atoms with van der Waals surface area (Å²) in [4.78, 5) is 0. The number of allylic oxidation sites excluding steroid dienone is 4. The molecule has 0 aromatic rings. The van der Waals surface area contributed by atoms with E-state index < -0.39 is 0 Å². The van der Waals surface area contributed by atoms with Gasteiger partial charge in [-0.25, -0.2) is 0 Å². The zero-order valence-corrected chi connectivity index (χ0v) is 7.84. The van der Waals surface area contributed by atoms with Crippen molar-refractivity contribution in [1.82, 2.24) is 0 Å². The van der Waals surface area contributed by atoms with E-state index in [1.54, 1.807) is 0 Å². The molecule has 0 N–H and O–H groups in total. The highest BCUT2D eigenvalue weighted by Crippen LogP contribution is 2.00. The Bertz CT molecular complexity index is 109. The Morgan fingerprint density at radius 3 is 2.45 bits per heavy atom. The van der Waals surface area contributed by atoms with Gasteiger partial charge in [-0.1, -0.05) is 44.1 Å². The van der Waals surface area contributed by atoms with Crippen LogP contribution in [-0.4, -0.2) is 0 Å². The molecule has 0 spiro atoms. The van der Waals surface area contributed by atoms with Gasteiger partial charge in [-0.05, 0) is 26.2 Å². The lowest BCUT2D eigenvalue weighted by Crippen LogP contribution is -1.70. The lowest BCUT2D eigenvalue weighted by molar-refractivity contribution is 0.728. The fraction of sp³-hybridized carbons (Fsp3) is 0.636. The molecule has 0 aliphatic rings. The van der Waals surface area contributed by atoms with Gasteiger partial charge in [0.05, 0.1) is 0 Å². The number of unbranched alkanes of at least 4 members (excludes halogenated alkanes) is 3. The maximum absolute atomic E-state index is 2.29. The van der Waals surface area contributed by atoms with E-state index in [4.69, 9.17) is 0 Å². The molecule has 0 rings (SSSR count). The Balaban J connectivity index is 3.03. The van der Waals surface area contributed by atoms with Crippen molar-refractivity contribution in [1.29, 1.82) is 0 Å². The molecule has 0 heterocycles. The maximum atomic E-state index is 2.29. The van der Waals surface area contributed by atoms with E-state index in [0.29, 0.717) is 0 Å². The molecule has 0 aliphatic carbocycles. The molecule has 11 heavy (non-hydrogen) atoms. The molecule has 0 radical (unpaired) electrons. The molecule has 0 unspecified atom stereocenters. The molecule has 0 aromatic carbocycles. The Hall–Kier alpha value is -0.520. The summed E-state index contributed by atoms with van der Waals surface area (Å²) >= 11 is 0. The van der Waals surface area contributed by atoms with E-state index in [2.05, 4.69) is 38.2 Å². The predicted octanol–water partition coefficient (Wildman–Crippen LogP) is 4.09. The van der Waals surface area contributed by atoms with E-state index in [-0.39, 0.29) is 0 Å². The standard InChI is InChI=1S/C11H20/c1-3-5-7-9-11-10-8-6-4-2/h3,5,9,11H,4,6-8,10H2,1-2H3/b5-3+,11-9?. The normalized spacial score (nSPS) is 11.8. The van der Waals surface area contributed by atoms with Gasteiger partial charge in [0.1, 0.15) is 0 Å². The quantitative estimate of drug-likeness (QED) is 0.397. The van der Waals surface area contributed by atoms with Crippen LogP contribution in [0.25, 0.3) is 0 Å². The van der Waals surface area contributed by atoms with Gasteiger partial charge in [-0.2, -0.15) is 0 Å². The fourth-order valence-electron chi connectivity index (χ4n) is 0.941. The zero-order chi connectivity index (χ0) is 8.36. The van der Waals surface area contributed by atoms with E-state index >= 15 is 0 Å². The van der Waals surface area contributed by atoms with Crippen molar-refractivity contribution < 1.29 is 0 Å². The van der Waals surface area contributed by atoms with Crippen molar-refractivity contribution in [3.63, 3.8) is 0 Å². The molecule has 0 amide bonds. The van der Waals surface area contributed by atoms with Crippen LogP contribution in [-0.2, 0) is 0 Å². The summed E-state index contributed by atoms with van der Waals surface area (Å²) in [5.74, 6) is 0. The van der Waals surface area contributed by atoms with Gasteiger partial charge in [-0.3, -0.25) is 0 Å². The lowest BCUT2D eigenvalue weighted by atomic mass is 10.2. The number of hydrogen-bond donors (Lipinski definition) is 0. The summed E-state index contributed by atoms with van der Waals surface area (Å²) in [7, 11) is 0. The molecule has 0 heteroatoms. The first kappa shape index (κ1) is 10.5. The third-order valence-corrected chi connectivity index (χ3v) is 1.65. The average Bonchev–Trinajstić information content (AvgIpc) is 2.03. The van der Waals surface area contributed by atoms with Crippen LogP contribution >= 0.6 is 0 Å². The van der Waals surface area contributed by atoms with Gasteiger partial charge >= 0.3 is 0 Å². The maximum Gasteiger partial charge on any atom is -0.0169 e. The third-order valence-electron chi connectivity index (χ3n) is 1.65. The smallest absolute Gasteiger partial charge is 0.0169 e. The average molecular weight is 152 g/mol. The topological polar surface area (TPSA) is 0 Å². The predicted molar refractivity (Wildman–Crippen MR) is 52.7 cm³/mol. The minimum atomic E-state index is 1.10. The molecule has 0 aromatic heterocycles. The van der Waals surface area contributed by atoms with Crippen molar-refractivity contribution in [2.75, 3.05) is 0 Å².